The van der Waals surface area contributed by atoms with Crippen molar-refractivity contribution in [2.45, 2.75) is 20.8 Å². The van der Waals surface area contributed by atoms with Gasteiger partial charge < -0.3 is 4.74 Å². The lowest BCUT2D eigenvalue weighted by molar-refractivity contribution is 0.457. The van der Waals surface area contributed by atoms with Crippen molar-refractivity contribution in [3.05, 3.63) is 58.5 Å². The highest BCUT2D eigenvalue weighted by Gasteiger charge is 2.17. The average molecular weight is 419 g/mol. The Morgan fingerprint density at radius 1 is 1.04 bits per heavy atom. The van der Waals surface area contributed by atoms with Crippen LogP contribution in [0.2, 0.25) is 5.02 Å². The molecular weight excluding hydrogens is 400 g/mol. The van der Waals surface area contributed by atoms with Gasteiger partial charge in [0.2, 0.25) is 15.9 Å². The summed E-state index contributed by atoms with van der Waals surface area (Å²) in [6, 6.07) is 5.63. The number of halogens is 1. The van der Waals surface area contributed by atoms with Crippen LogP contribution >= 0.6 is 11.6 Å². The van der Waals surface area contributed by atoms with E-state index in [1.807, 2.05) is 32.9 Å². The van der Waals surface area contributed by atoms with Gasteiger partial charge in [0.15, 0.2) is 5.82 Å². The number of nitrogens with zero attached hydrogens (tertiary/aromatic N) is 3. The van der Waals surface area contributed by atoms with Gasteiger partial charge in [-0.1, -0.05) is 29.3 Å². The molecule has 2 aromatic heterocycles. The highest BCUT2D eigenvalue weighted by Crippen LogP contribution is 2.34. The summed E-state index contributed by atoms with van der Waals surface area (Å²) < 4.78 is 31.9. The van der Waals surface area contributed by atoms with Crippen LogP contribution in [0.1, 0.15) is 16.7 Å². The lowest BCUT2D eigenvalue weighted by Gasteiger charge is -2.15. The molecule has 0 aliphatic rings. The standard InChI is InChI=1S/C19H19ClN4O3S/c1-11-5-12(2)17(13(3)6-11)27-19-16(24-28(4,25)26)10-22-18(23-19)14-7-15(20)9-21-8-14/h5-10,24H,1-4H3. The monoisotopic (exact) mass is 418 g/mol. The van der Waals surface area contributed by atoms with Gasteiger partial charge in [-0.25, -0.2) is 13.4 Å². The fourth-order valence-corrected chi connectivity index (χ4v) is 3.52. The zero-order chi connectivity index (χ0) is 20.5. The van der Waals surface area contributed by atoms with E-state index in [-0.39, 0.29) is 11.6 Å². The van der Waals surface area contributed by atoms with Crippen molar-refractivity contribution in [1.29, 1.82) is 0 Å². The van der Waals surface area contributed by atoms with Crippen molar-refractivity contribution in [2.75, 3.05) is 11.0 Å². The second-order valence-electron chi connectivity index (χ2n) is 6.51. The minimum absolute atomic E-state index is 0.0884. The van der Waals surface area contributed by atoms with E-state index in [4.69, 9.17) is 16.3 Å². The molecule has 0 bridgehead atoms. The SMILES string of the molecule is Cc1cc(C)c(Oc2nc(-c3cncc(Cl)c3)ncc2NS(C)(=O)=O)c(C)c1. The molecule has 146 valence electrons. The van der Waals surface area contributed by atoms with Crippen molar-refractivity contribution < 1.29 is 13.2 Å². The molecule has 9 heteroatoms. The molecule has 3 rings (SSSR count). The van der Waals surface area contributed by atoms with Crippen molar-refractivity contribution in [3.63, 3.8) is 0 Å². The van der Waals surface area contributed by atoms with Gasteiger partial charge in [-0.05, 0) is 38.0 Å². The molecule has 1 N–H and O–H groups in total. The van der Waals surface area contributed by atoms with Gasteiger partial charge in [0.25, 0.3) is 0 Å². The van der Waals surface area contributed by atoms with Gasteiger partial charge in [-0.15, -0.1) is 0 Å². The first-order chi connectivity index (χ1) is 13.1. The maximum Gasteiger partial charge on any atom is 0.247 e. The van der Waals surface area contributed by atoms with Gasteiger partial charge in [0, 0.05) is 18.0 Å². The van der Waals surface area contributed by atoms with Crippen molar-refractivity contribution >= 4 is 27.3 Å². The minimum atomic E-state index is -3.55. The van der Waals surface area contributed by atoms with Gasteiger partial charge in [-0.2, -0.15) is 4.98 Å². The summed E-state index contributed by atoms with van der Waals surface area (Å²) in [7, 11) is -3.55. The molecule has 0 radical (unpaired) electrons. The first-order valence-corrected chi connectivity index (χ1v) is 10.6. The van der Waals surface area contributed by atoms with Crippen LogP contribution in [0.5, 0.6) is 11.6 Å². The number of rotatable bonds is 5. The van der Waals surface area contributed by atoms with E-state index in [1.165, 1.54) is 12.4 Å². The van der Waals surface area contributed by atoms with Crippen LogP contribution in [0.15, 0.2) is 36.8 Å². The fraction of sp³-hybridized carbons (Fsp3) is 0.211. The zero-order valence-corrected chi connectivity index (χ0v) is 17.4. The van der Waals surface area contributed by atoms with E-state index < -0.39 is 10.0 Å². The molecule has 0 aliphatic carbocycles. The normalized spacial score (nSPS) is 11.3. The van der Waals surface area contributed by atoms with Crippen LogP contribution < -0.4 is 9.46 Å². The maximum absolute atomic E-state index is 11.7. The molecule has 0 spiro atoms. The molecule has 0 saturated carbocycles. The van der Waals surface area contributed by atoms with Gasteiger partial charge in [0.1, 0.15) is 11.4 Å². The van der Waals surface area contributed by atoms with E-state index in [9.17, 15) is 8.42 Å². The molecule has 0 aliphatic heterocycles. The molecular formula is C19H19ClN4O3S. The lowest BCUT2D eigenvalue weighted by Crippen LogP contribution is -2.12. The van der Waals surface area contributed by atoms with Gasteiger partial charge in [0.05, 0.1) is 17.5 Å². The summed E-state index contributed by atoms with van der Waals surface area (Å²) in [6.07, 6.45) is 5.48. The lowest BCUT2D eigenvalue weighted by atomic mass is 10.1. The minimum Gasteiger partial charge on any atom is -0.436 e. The van der Waals surface area contributed by atoms with E-state index in [0.29, 0.717) is 22.2 Å². The molecule has 0 saturated heterocycles. The summed E-state index contributed by atoms with van der Waals surface area (Å²) in [5, 5.41) is 0.437. The number of nitrogens with one attached hydrogen (secondary N) is 1. The number of hydrogen-bond acceptors (Lipinski definition) is 6. The Balaban J connectivity index is 2.11. The predicted octanol–water partition coefficient (Wildman–Crippen LogP) is 4.28. The molecule has 1 aromatic carbocycles. The molecule has 0 fully saturated rings. The number of aryl methyl sites for hydroxylation is 3. The molecule has 7 nitrogen and oxygen atoms in total. The van der Waals surface area contributed by atoms with E-state index >= 15 is 0 Å². The highest BCUT2D eigenvalue weighted by molar-refractivity contribution is 7.92. The topological polar surface area (TPSA) is 94.1 Å². The Kier molecular flexibility index (Phi) is 5.53. The third-order valence-corrected chi connectivity index (χ3v) is 4.61. The Morgan fingerprint density at radius 3 is 2.32 bits per heavy atom. The third-order valence-electron chi connectivity index (χ3n) is 3.82. The largest absolute Gasteiger partial charge is 0.436 e. The van der Waals surface area contributed by atoms with Crippen LogP contribution in [0, 0.1) is 20.8 Å². The fourth-order valence-electron chi connectivity index (χ4n) is 2.81. The predicted molar refractivity (Wildman–Crippen MR) is 109 cm³/mol. The number of ether oxygens (including phenoxy) is 1. The number of sulfonamides is 1. The zero-order valence-electron chi connectivity index (χ0n) is 15.8. The van der Waals surface area contributed by atoms with Crippen molar-refractivity contribution in [2.24, 2.45) is 0 Å². The Labute approximate surface area is 168 Å². The van der Waals surface area contributed by atoms with Crippen LogP contribution in [0.4, 0.5) is 5.69 Å². The number of anilines is 1. The smallest absolute Gasteiger partial charge is 0.247 e. The van der Waals surface area contributed by atoms with E-state index in [2.05, 4.69) is 19.7 Å². The Hall–Kier alpha value is -2.71. The Bertz CT molecular complexity index is 1130. The molecule has 0 amide bonds. The van der Waals surface area contributed by atoms with Crippen LogP contribution in [-0.4, -0.2) is 29.6 Å². The summed E-state index contributed by atoms with van der Waals surface area (Å²) in [4.78, 5) is 12.7. The third kappa shape index (κ3) is 4.76. The van der Waals surface area contributed by atoms with Crippen LogP contribution in [-0.2, 0) is 10.0 Å². The number of pyridine rings is 1. The first kappa shape index (κ1) is 20.0. The number of aromatic nitrogens is 3. The summed E-state index contributed by atoms with van der Waals surface area (Å²) in [5.74, 6) is 1.01. The average Bonchev–Trinajstić information content (AvgIpc) is 2.58. The molecule has 0 unspecified atom stereocenters. The Morgan fingerprint density at radius 2 is 1.71 bits per heavy atom. The van der Waals surface area contributed by atoms with Crippen LogP contribution in [0.25, 0.3) is 11.4 Å². The maximum atomic E-state index is 11.7. The summed E-state index contributed by atoms with van der Waals surface area (Å²) in [5.41, 5.74) is 3.64. The first-order valence-electron chi connectivity index (χ1n) is 8.34. The van der Waals surface area contributed by atoms with E-state index in [0.717, 1.165) is 22.9 Å². The van der Waals surface area contributed by atoms with Gasteiger partial charge in [-0.3, -0.25) is 9.71 Å². The molecule has 0 atom stereocenters. The van der Waals surface area contributed by atoms with Crippen molar-refractivity contribution in [1.82, 2.24) is 15.0 Å². The summed E-state index contributed by atoms with van der Waals surface area (Å²) in [6.45, 7) is 5.83. The molecule has 2 heterocycles. The number of hydrogen-bond donors (Lipinski definition) is 1. The van der Waals surface area contributed by atoms with Crippen molar-refractivity contribution in [3.8, 4) is 23.0 Å². The second-order valence-corrected chi connectivity index (χ2v) is 8.69. The van der Waals surface area contributed by atoms with E-state index in [1.54, 1.807) is 12.3 Å². The highest BCUT2D eigenvalue weighted by atomic mass is 35.5. The quantitative estimate of drug-likeness (QED) is 0.664. The number of benzene rings is 1. The van der Waals surface area contributed by atoms with Gasteiger partial charge >= 0.3 is 0 Å². The second kappa shape index (κ2) is 7.73. The molecule has 28 heavy (non-hydrogen) atoms. The van der Waals surface area contributed by atoms with Crippen LogP contribution in [0.3, 0.4) is 0 Å². The molecule has 3 aromatic rings. The summed E-state index contributed by atoms with van der Waals surface area (Å²) >= 11 is 6.00.